The summed E-state index contributed by atoms with van der Waals surface area (Å²) >= 11 is 3.10. The lowest BCUT2D eigenvalue weighted by atomic mass is 10.0. The molecule has 0 bridgehead atoms. The lowest BCUT2D eigenvalue weighted by molar-refractivity contribution is -0.136. The van der Waals surface area contributed by atoms with Crippen molar-refractivity contribution in [2.75, 3.05) is 12.3 Å². The van der Waals surface area contributed by atoms with Crippen molar-refractivity contribution >= 4 is 34.5 Å². The summed E-state index contributed by atoms with van der Waals surface area (Å²) in [5.41, 5.74) is 1.10. The normalized spacial score (nSPS) is 25.9. The highest BCUT2D eigenvalue weighted by Gasteiger charge is 2.52. The maximum absolute atomic E-state index is 14.5. The number of halogens is 2. The SMILES string of the molecule is O=C([C@@H]1CCCN1)N1N=C(c2cc(F)ccc2F)SC12CCSc1ccccc12. The molecule has 2 aromatic carbocycles. The van der Waals surface area contributed by atoms with Crippen LogP contribution in [0.3, 0.4) is 0 Å². The Morgan fingerprint density at radius 2 is 2.10 bits per heavy atom. The van der Waals surface area contributed by atoms with Gasteiger partial charge in [0.05, 0.1) is 6.04 Å². The van der Waals surface area contributed by atoms with Crippen molar-refractivity contribution in [3.63, 3.8) is 0 Å². The van der Waals surface area contributed by atoms with Gasteiger partial charge in [-0.3, -0.25) is 4.79 Å². The first-order valence-electron chi connectivity index (χ1n) is 9.61. The number of rotatable bonds is 2. The molecule has 0 saturated carbocycles. The van der Waals surface area contributed by atoms with E-state index in [9.17, 15) is 13.6 Å². The van der Waals surface area contributed by atoms with Crippen LogP contribution < -0.4 is 5.32 Å². The second kappa shape index (κ2) is 7.41. The molecule has 3 aliphatic rings. The van der Waals surface area contributed by atoms with Crippen LogP contribution in [0, 0.1) is 11.6 Å². The summed E-state index contributed by atoms with van der Waals surface area (Å²) in [6.45, 7) is 0.798. The Morgan fingerprint density at radius 3 is 2.93 bits per heavy atom. The smallest absolute Gasteiger partial charge is 0.261 e. The van der Waals surface area contributed by atoms with Gasteiger partial charge in [0, 0.05) is 21.8 Å². The van der Waals surface area contributed by atoms with Gasteiger partial charge in [-0.05, 0) is 50.1 Å². The van der Waals surface area contributed by atoms with E-state index in [1.807, 2.05) is 24.3 Å². The largest absolute Gasteiger partial charge is 0.306 e. The van der Waals surface area contributed by atoms with Crippen LogP contribution in [0.15, 0.2) is 52.5 Å². The van der Waals surface area contributed by atoms with Crippen LogP contribution in [0.5, 0.6) is 0 Å². The fourth-order valence-corrected chi connectivity index (χ4v) is 6.91. The van der Waals surface area contributed by atoms with Crippen molar-refractivity contribution in [2.24, 2.45) is 5.10 Å². The van der Waals surface area contributed by atoms with Gasteiger partial charge in [0.15, 0.2) is 0 Å². The van der Waals surface area contributed by atoms with Gasteiger partial charge in [0.2, 0.25) is 0 Å². The zero-order valence-corrected chi connectivity index (χ0v) is 17.2. The lowest BCUT2D eigenvalue weighted by Crippen LogP contribution is -2.49. The van der Waals surface area contributed by atoms with E-state index in [2.05, 4.69) is 10.4 Å². The standard InChI is InChI=1S/C21H19F2N3OS2/c22-13-7-8-16(23)14(12-13)19-25-26(20(27)17-5-3-10-24-17)21(29-19)9-11-28-18-6-2-1-4-15(18)21/h1-2,4,6-8,12,17,24H,3,5,9-11H2/t17-,21?/m0/s1. The monoisotopic (exact) mass is 431 g/mol. The van der Waals surface area contributed by atoms with Crippen LogP contribution in [0.2, 0.25) is 0 Å². The molecule has 0 aliphatic carbocycles. The molecule has 3 aliphatic heterocycles. The number of carbonyl (C=O) groups excluding carboxylic acids is 1. The number of thioether (sulfide) groups is 2. The average molecular weight is 432 g/mol. The molecule has 4 nitrogen and oxygen atoms in total. The number of nitrogens with zero attached hydrogens (tertiary/aromatic N) is 2. The predicted octanol–water partition coefficient (Wildman–Crippen LogP) is 4.30. The first kappa shape index (κ1) is 19.1. The van der Waals surface area contributed by atoms with Crippen molar-refractivity contribution in [1.82, 2.24) is 10.3 Å². The van der Waals surface area contributed by atoms with Gasteiger partial charge in [0.1, 0.15) is 21.5 Å². The van der Waals surface area contributed by atoms with Crippen LogP contribution in [0.25, 0.3) is 0 Å². The van der Waals surface area contributed by atoms with Crippen LogP contribution >= 0.6 is 23.5 Å². The van der Waals surface area contributed by atoms with Crippen molar-refractivity contribution in [2.45, 2.75) is 35.1 Å². The molecule has 150 valence electrons. The second-order valence-electron chi connectivity index (χ2n) is 7.31. The molecular weight excluding hydrogens is 412 g/mol. The van der Waals surface area contributed by atoms with Crippen LogP contribution in [0.4, 0.5) is 8.78 Å². The van der Waals surface area contributed by atoms with Gasteiger partial charge >= 0.3 is 0 Å². The Kier molecular flexibility index (Phi) is 4.88. The number of amides is 1. The van der Waals surface area contributed by atoms with Gasteiger partial charge in [0.25, 0.3) is 5.91 Å². The molecule has 1 spiro atoms. The molecule has 1 unspecified atom stereocenters. The van der Waals surface area contributed by atoms with Gasteiger partial charge in [-0.2, -0.15) is 5.10 Å². The van der Waals surface area contributed by atoms with Crippen molar-refractivity contribution in [3.05, 3.63) is 65.2 Å². The molecule has 8 heteroatoms. The third-order valence-electron chi connectivity index (χ3n) is 5.53. The summed E-state index contributed by atoms with van der Waals surface area (Å²) in [6, 6.07) is 11.0. The summed E-state index contributed by atoms with van der Waals surface area (Å²) in [4.78, 5) is 13.8. The summed E-state index contributed by atoms with van der Waals surface area (Å²) in [6.07, 6.45) is 2.37. The molecule has 0 radical (unpaired) electrons. The van der Waals surface area contributed by atoms with Crippen molar-refractivity contribution in [3.8, 4) is 0 Å². The summed E-state index contributed by atoms with van der Waals surface area (Å²) in [7, 11) is 0. The quantitative estimate of drug-likeness (QED) is 0.770. The Labute approximate surface area is 176 Å². The molecule has 2 aromatic rings. The molecule has 5 rings (SSSR count). The molecule has 0 aromatic heterocycles. The van der Waals surface area contributed by atoms with E-state index in [-0.39, 0.29) is 17.5 Å². The minimum absolute atomic E-state index is 0.0970. The summed E-state index contributed by atoms with van der Waals surface area (Å²) in [5, 5.41) is 9.72. The maximum atomic E-state index is 14.5. The molecule has 1 amide bonds. The van der Waals surface area contributed by atoms with E-state index in [1.54, 1.807) is 16.8 Å². The molecule has 1 N–H and O–H groups in total. The highest BCUT2D eigenvalue weighted by atomic mass is 32.2. The highest BCUT2D eigenvalue weighted by molar-refractivity contribution is 8.15. The molecule has 29 heavy (non-hydrogen) atoms. The van der Waals surface area contributed by atoms with E-state index < -0.39 is 16.5 Å². The minimum atomic E-state index is -0.739. The van der Waals surface area contributed by atoms with E-state index in [0.717, 1.165) is 53.8 Å². The topological polar surface area (TPSA) is 44.7 Å². The number of nitrogens with one attached hydrogen (secondary N) is 1. The molecule has 3 heterocycles. The molecule has 1 saturated heterocycles. The van der Waals surface area contributed by atoms with E-state index >= 15 is 0 Å². The Hall–Kier alpha value is -1.90. The van der Waals surface area contributed by atoms with E-state index in [4.69, 9.17) is 0 Å². The number of hydrogen-bond donors (Lipinski definition) is 1. The minimum Gasteiger partial charge on any atom is -0.306 e. The van der Waals surface area contributed by atoms with Crippen molar-refractivity contribution < 1.29 is 13.6 Å². The molecule has 2 atom stereocenters. The first-order chi connectivity index (χ1) is 14.1. The van der Waals surface area contributed by atoms with Gasteiger partial charge < -0.3 is 5.32 Å². The zero-order chi connectivity index (χ0) is 20.0. The first-order valence-corrected chi connectivity index (χ1v) is 11.4. The predicted molar refractivity (Wildman–Crippen MR) is 112 cm³/mol. The summed E-state index contributed by atoms with van der Waals surface area (Å²) < 4.78 is 28.4. The van der Waals surface area contributed by atoms with Crippen LogP contribution in [0.1, 0.15) is 30.4 Å². The van der Waals surface area contributed by atoms with Gasteiger partial charge in [-0.15, -0.1) is 11.8 Å². The zero-order valence-electron chi connectivity index (χ0n) is 15.5. The van der Waals surface area contributed by atoms with Crippen molar-refractivity contribution in [1.29, 1.82) is 0 Å². The van der Waals surface area contributed by atoms with Gasteiger partial charge in [-0.1, -0.05) is 30.0 Å². The number of hydrazone groups is 1. The lowest BCUT2D eigenvalue weighted by Gasteiger charge is -2.40. The third-order valence-corrected chi connectivity index (χ3v) is 8.04. The molecule has 1 fully saturated rings. The number of hydrogen-bond acceptors (Lipinski definition) is 5. The number of carbonyl (C=O) groups is 1. The second-order valence-corrected chi connectivity index (χ2v) is 9.71. The van der Waals surface area contributed by atoms with Crippen LogP contribution in [-0.4, -0.2) is 34.3 Å². The Bertz CT molecular complexity index is 1010. The summed E-state index contributed by atoms with van der Waals surface area (Å²) in [5.74, 6) is -0.357. The third kappa shape index (κ3) is 3.17. The Morgan fingerprint density at radius 1 is 1.24 bits per heavy atom. The van der Waals surface area contributed by atoms with Crippen LogP contribution in [-0.2, 0) is 9.67 Å². The number of benzene rings is 2. The van der Waals surface area contributed by atoms with Gasteiger partial charge in [-0.25, -0.2) is 13.8 Å². The number of fused-ring (bicyclic) bond motifs is 2. The molecular formula is C21H19F2N3OS2. The Balaban J connectivity index is 1.63. The van der Waals surface area contributed by atoms with E-state index in [0.29, 0.717) is 11.5 Å². The maximum Gasteiger partial charge on any atom is 0.261 e. The van der Waals surface area contributed by atoms with E-state index in [1.165, 1.54) is 11.8 Å². The fraction of sp³-hybridized carbons (Fsp3) is 0.333. The highest BCUT2D eigenvalue weighted by Crippen LogP contribution is 2.55. The fourth-order valence-electron chi connectivity index (χ4n) is 4.11. The average Bonchev–Trinajstić information content (AvgIpc) is 3.39.